The van der Waals surface area contributed by atoms with Crippen LogP contribution in [0.5, 0.6) is 0 Å². The van der Waals surface area contributed by atoms with E-state index in [-0.39, 0.29) is 40.5 Å². The Morgan fingerprint density at radius 1 is 1.11 bits per heavy atom. The summed E-state index contributed by atoms with van der Waals surface area (Å²) in [4.78, 5) is 40.0. The molecule has 7 heteroatoms. The second kappa shape index (κ2) is 5.82. The van der Waals surface area contributed by atoms with Crippen LogP contribution >= 0.6 is 23.2 Å². The molecule has 0 spiro atoms. The van der Waals surface area contributed by atoms with Gasteiger partial charge in [-0.3, -0.25) is 19.3 Å². The summed E-state index contributed by atoms with van der Waals surface area (Å²) < 4.78 is 0. The molecule has 2 bridgehead atoms. The van der Waals surface area contributed by atoms with E-state index in [9.17, 15) is 14.4 Å². The van der Waals surface area contributed by atoms with Crippen LogP contribution in [0.1, 0.15) is 13.3 Å². The predicted octanol–water partition coefficient (Wildman–Crippen LogP) is 3.37. The topological polar surface area (TPSA) is 66.5 Å². The van der Waals surface area contributed by atoms with Crippen LogP contribution in [0, 0.1) is 35.5 Å². The standard InChI is InChI=1S/C20H18Cl2N2O3/c1-8(18(25)23-14-4-2-3-13(21)17(14)22)24-19(26)15-9-5-6-10(12-7-11(9)12)16(15)20(24)27/h2-6,8-12,15-16H,7H2,1H3,(H,23,25)/t8-,9+,10+,11+,12+,15-,16-/m1/s1. The highest BCUT2D eigenvalue weighted by Gasteiger charge is 2.67. The number of carbonyl (C=O) groups excluding carboxylic acids is 3. The van der Waals surface area contributed by atoms with Gasteiger partial charge in [0.25, 0.3) is 0 Å². The molecular formula is C20H18Cl2N2O3. The second-order valence-corrected chi connectivity index (χ2v) is 8.75. The third kappa shape index (κ3) is 2.34. The Bertz CT molecular complexity index is 878. The van der Waals surface area contributed by atoms with Crippen LogP contribution in [-0.4, -0.2) is 28.7 Å². The van der Waals surface area contributed by atoms with Crippen molar-refractivity contribution in [3.63, 3.8) is 0 Å². The Labute approximate surface area is 166 Å². The van der Waals surface area contributed by atoms with Crippen molar-refractivity contribution in [1.82, 2.24) is 4.90 Å². The molecule has 1 aliphatic heterocycles. The highest BCUT2D eigenvalue weighted by Crippen LogP contribution is 2.65. The average Bonchev–Trinajstić information content (AvgIpc) is 3.42. The zero-order chi connectivity index (χ0) is 19.0. The minimum absolute atomic E-state index is 0.143. The van der Waals surface area contributed by atoms with Gasteiger partial charge in [0.15, 0.2) is 0 Å². The van der Waals surface area contributed by atoms with E-state index in [1.807, 2.05) is 0 Å². The van der Waals surface area contributed by atoms with Gasteiger partial charge < -0.3 is 5.32 Å². The van der Waals surface area contributed by atoms with E-state index in [4.69, 9.17) is 23.2 Å². The lowest BCUT2D eigenvalue weighted by Crippen LogP contribution is -2.46. The molecule has 2 saturated carbocycles. The molecule has 1 saturated heterocycles. The number of hydrogen-bond donors (Lipinski definition) is 1. The Morgan fingerprint density at radius 2 is 1.70 bits per heavy atom. The third-order valence-electron chi connectivity index (χ3n) is 6.67. The molecule has 6 rings (SSSR count). The molecule has 5 nitrogen and oxygen atoms in total. The van der Waals surface area contributed by atoms with Crippen molar-refractivity contribution in [2.75, 3.05) is 5.32 Å². The second-order valence-electron chi connectivity index (χ2n) is 7.97. The van der Waals surface area contributed by atoms with Crippen LogP contribution in [0.25, 0.3) is 0 Å². The van der Waals surface area contributed by atoms with E-state index < -0.39 is 11.9 Å². The Balaban J connectivity index is 1.39. The van der Waals surface area contributed by atoms with Crippen LogP contribution in [0.4, 0.5) is 5.69 Å². The maximum Gasteiger partial charge on any atom is 0.247 e. The van der Waals surface area contributed by atoms with Crippen molar-refractivity contribution in [2.24, 2.45) is 35.5 Å². The van der Waals surface area contributed by atoms with Crippen molar-refractivity contribution in [1.29, 1.82) is 0 Å². The number of benzene rings is 1. The average molecular weight is 405 g/mol. The first-order chi connectivity index (χ1) is 12.9. The lowest BCUT2D eigenvalue weighted by atomic mass is 9.63. The fourth-order valence-corrected chi connectivity index (χ4v) is 5.66. The summed E-state index contributed by atoms with van der Waals surface area (Å²) in [6.45, 7) is 1.58. The Hall–Kier alpha value is -1.85. The van der Waals surface area contributed by atoms with Gasteiger partial charge in [-0.15, -0.1) is 0 Å². The van der Waals surface area contributed by atoms with Gasteiger partial charge in [-0.25, -0.2) is 0 Å². The number of imide groups is 1. The number of allylic oxidation sites excluding steroid dienone is 2. The van der Waals surface area contributed by atoms with Crippen LogP contribution in [0.2, 0.25) is 10.0 Å². The van der Waals surface area contributed by atoms with E-state index in [1.165, 1.54) is 4.90 Å². The normalized spacial score (nSPS) is 36.5. The summed E-state index contributed by atoms with van der Waals surface area (Å²) in [6.07, 6.45) is 5.34. The van der Waals surface area contributed by atoms with Gasteiger partial charge in [0, 0.05) is 0 Å². The third-order valence-corrected chi connectivity index (χ3v) is 7.49. The Kier molecular flexibility index (Phi) is 3.72. The molecule has 7 atom stereocenters. The zero-order valence-electron chi connectivity index (χ0n) is 14.6. The monoisotopic (exact) mass is 404 g/mol. The van der Waals surface area contributed by atoms with Gasteiger partial charge in [-0.05, 0) is 49.1 Å². The van der Waals surface area contributed by atoms with Crippen LogP contribution in [-0.2, 0) is 14.4 Å². The summed E-state index contributed by atoms with van der Waals surface area (Å²) in [5, 5.41) is 3.24. The quantitative estimate of drug-likeness (QED) is 0.620. The highest BCUT2D eigenvalue weighted by atomic mass is 35.5. The van der Waals surface area contributed by atoms with Crippen LogP contribution < -0.4 is 5.32 Å². The summed E-state index contributed by atoms with van der Waals surface area (Å²) >= 11 is 12.1. The number of halogens is 2. The first kappa shape index (κ1) is 17.3. The van der Waals surface area contributed by atoms with Gasteiger partial charge >= 0.3 is 0 Å². The molecule has 3 amide bonds. The Morgan fingerprint density at radius 3 is 2.30 bits per heavy atom. The number of hydrogen-bond acceptors (Lipinski definition) is 3. The molecule has 27 heavy (non-hydrogen) atoms. The largest absolute Gasteiger partial charge is 0.323 e. The molecule has 3 fully saturated rings. The number of anilines is 1. The highest BCUT2D eigenvalue weighted by molar-refractivity contribution is 6.44. The smallest absolute Gasteiger partial charge is 0.247 e. The molecular weight excluding hydrogens is 387 g/mol. The summed E-state index contributed by atoms with van der Waals surface area (Å²) in [5.41, 5.74) is 0.362. The van der Waals surface area contributed by atoms with Crippen molar-refractivity contribution in [3.05, 3.63) is 40.4 Å². The van der Waals surface area contributed by atoms with Crippen molar-refractivity contribution in [2.45, 2.75) is 19.4 Å². The molecule has 0 aromatic heterocycles. The van der Waals surface area contributed by atoms with Crippen molar-refractivity contribution in [3.8, 4) is 0 Å². The zero-order valence-corrected chi connectivity index (χ0v) is 16.1. The first-order valence-corrected chi connectivity index (χ1v) is 9.96. The van der Waals surface area contributed by atoms with E-state index in [2.05, 4.69) is 17.5 Å². The number of nitrogens with zero attached hydrogens (tertiary/aromatic N) is 1. The number of nitrogens with one attached hydrogen (secondary N) is 1. The maximum absolute atomic E-state index is 13.1. The fourth-order valence-electron chi connectivity index (χ4n) is 5.32. The van der Waals surface area contributed by atoms with Crippen LogP contribution in [0.15, 0.2) is 30.4 Å². The molecule has 5 aliphatic rings. The van der Waals surface area contributed by atoms with Gasteiger partial charge in [0.2, 0.25) is 17.7 Å². The minimum atomic E-state index is -0.902. The SMILES string of the molecule is C[C@H](C(=O)Nc1cccc(Cl)c1Cl)N1C(=O)[C@@H]2[C@H]3C=C[C@@H]([C@@H]4C[C@@H]34)[C@H]2C1=O. The first-order valence-electron chi connectivity index (χ1n) is 9.20. The maximum atomic E-state index is 13.1. The molecule has 0 radical (unpaired) electrons. The van der Waals surface area contributed by atoms with Gasteiger partial charge in [-0.1, -0.05) is 41.4 Å². The molecule has 1 heterocycles. The molecule has 140 valence electrons. The fraction of sp³-hybridized carbons (Fsp3) is 0.450. The van der Waals surface area contributed by atoms with E-state index in [1.54, 1.807) is 25.1 Å². The molecule has 1 N–H and O–H groups in total. The van der Waals surface area contributed by atoms with Crippen molar-refractivity contribution >= 4 is 46.6 Å². The lowest BCUT2D eigenvalue weighted by Gasteiger charge is -2.37. The summed E-state index contributed by atoms with van der Waals surface area (Å²) in [7, 11) is 0. The number of amides is 3. The summed E-state index contributed by atoms with van der Waals surface area (Å²) in [6, 6.07) is 4.02. The van der Waals surface area contributed by atoms with E-state index >= 15 is 0 Å². The predicted molar refractivity (Wildman–Crippen MR) is 101 cm³/mol. The lowest BCUT2D eigenvalue weighted by molar-refractivity contribution is -0.146. The molecule has 4 aliphatic carbocycles. The molecule has 1 aromatic carbocycles. The van der Waals surface area contributed by atoms with Gasteiger partial charge in [0.05, 0.1) is 27.6 Å². The number of carbonyl (C=O) groups is 3. The number of likely N-dealkylation sites (tertiary alicyclic amines) is 1. The molecule has 0 unspecified atom stereocenters. The summed E-state index contributed by atoms with van der Waals surface area (Å²) in [5.74, 6) is -0.135. The van der Waals surface area contributed by atoms with E-state index in [0.29, 0.717) is 22.5 Å². The van der Waals surface area contributed by atoms with Crippen LogP contribution in [0.3, 0.4) is 0 Å². The van der Waals surface area contributed by atoms with E-state index in [0.717, 1.165) is 6.42 Å². The molecule has 1 aromatic rings. The number of rotatable bonds is 3. The van der Waals surface area contributed by atoms with Crippen molar-refractivity contribution < 1.29 is 14.4 Å². The minimum Gasteiger partial charge on any atom is -0.323 e. The van der Waals surface area contributed by atoms with Gasteiger partial charge in [-0.2, -0.15) is 0 Å². The van der Waals surface area contributed by atoms with Gasteiger partial charge in [0.1, 0.15) is 6.04 Å².